The highest BCUT2D eigenvalue weighted by molar-refractivity contribution is 7.26. The number of aromatic nitrogens is 7. The van der Waals surface area contributed by atoms with Crippen LogP contribution in [0.15, 0.2) is 315 Å². The van der Waals surface area contributed by atoms with Crippen molar-refractivity contribution in [1.29, 1.82) is 0 Å². The number of hydrogen-bond acceptors (Lipinski definition) is 9. The van der Waals surface area contributed by atoms with Crippen molar-refractivity contribution < 1.29 is 0 Å². The fourth-order valence-corrected chi connectivity index (χ4v) is 15.7. The summed E-state index contributed by atoms with van der Waals surface area (Å²) < 4.78 is 4.89. The average molecular weight is 1230 g/mol. The molecular formula is C84H52BN9S. The summed E-state index contributed by atoms with van der Waals surface area (Å²) in [6.07, 6.45) is 0. The summed E-state index contributed by atoms with van der Waals surface area (Å²) in [6, 6.07) is 112. The fourth-order valence-electron chi connectivity index (χ4n) is 14.4. The summed E-state index contributed by atoms with van der Waals surface area (Å²) in [6.45, 7) is -0.0163. The summed E-state index contributed by atoms with van der Waals surface area (Å²) in [5, 5.41) is 4.85. The molecule has 19 rings (SSSR count). The first-order chi connectivity index (χ1) is 47.1. The molecule has 2 aliphatic rings. The summed E-state index contributed by atoms with van der Waals surface area (Å²) in [4.78, 5) is 37.2. The van der Waals surface area contributed by atoms with Gasteiger partial charge in [0.25, 0.3) is 6.71 Å². The maximum Gasteiger partial charge on any atom is 0.252 e. The lowest BCUT2D eigenvalue weighted by Gasteiger charge is -2.44. The van der Waals surface area contributed by atoms with Gasteiger partial charge in [-0.05, 0) is 119 Å². The molecule has 0 atom stereocenters. The molecular weight excluding hydrogens is 1180 g/mol. The van der Waals surface area contributed by atoms with Gasteiger partial charge in [0, 0.05) is 98.4 Å². The Morgan fingerprint density at radius 1 is 0.274 bits per heavy atom. The Kier molecular flexibility index (Phi) is 12.7. The van der Waals surface area contributed by atoms with E-state index in [0.29, 0.717) is 34.9 Å². The molecule has 442 valence electrons. The van der Waals surface area contributed by atoms with Crippen LogP contribution >= 0.6 is 11.3 Å². The van der Waals surface area contributed by atoms with Crippen molar-refractivity contribution in [1.82, 2.24) is 34.5 Å². The van der Waals surface area contributed by atoms with E-state index in [4.69, 9.17) is 29.9 Å². The van der Waals surface area contributed by atoms with E-state index in [-0.39, 0.29) is 6.71 Å². The highest BCUT2D eigenvalue weighted by atomic mass is 32.1. The monoisotopic (exact) mass is 1230 g/mol. The number of fused-ring (bicyclic) bond motifs is 11. The van der Waals surface area contributed by atoms with Gasteiger partial charge in [-0.25, -0.2) is 29.9 Å². The van der Waals surface area contributed by atoms with E-state index in [0.717, 1.165) is 101 Å². The molecule has 0 saturated heterocycles. The van der Waals surface area contributed by atoms with E-state index in [9.17, 15) is 0 Å². The van der Waals surface area contributed by atoms with Gasteiger partial charge in [-0.2, -0.15) is 0 Å². The zero-order chi connectivity index (χ0) is 62.5. The topological polar surface area (TPSA) is 88.8 Å². The number of rotatable bonds is 10. The minimum atomic E-state index is -0.0163. The second kappa shape index (κ2) is 22.2. The molecule has 2 aliphatic heterocycles. The standard InChI is InChI=1S/C84H52BN9S/c1-6-25-53(26-7-1)79-86-80(54-27-8-2-9-28-54)88-83(87-79)58-45-47-69(94-68-41-20-16-38-64(68)76-72(94)48-46-63-62-37-17-23-44-75(62)95-78(63)76)65(50-58)84-90-81(55-29-10-3-11-30-55)89-82(91-84)57-32-24-31-56(49-57)59-51-73-77-74(52-59)93(61-35-14-5-15-36-61)71-43-22-19-40-67(71)85(77)66-39-18-21-42-70(66)92(73)60-33-12-4-13-34-60/h1-52H. The smallest absolute Gasteiger partial charge is 0.252 e. The number of nitrogens with zero attached hydrogens (tertiary/aromatic N) is 9. The van der Waals surface area contributed by atoms with Gasteiger partial charge in [0.05, 0.1) is 16.7 Å². The zero-order valence-electron chi connectivity index (χ0n) is 51.0. The number of thiophene rings is 1. The Hall–Kier alpha value is -12.4. The number of anilines is 6. The molecule has 0 saturated carbocycles. The van der Waals surface area contributed by atoms with Gasteiger partial charge in [-0.15, -0.1) is 11.3 Å². The van der Waals surface area contributed by atoms with E-state index in [1.165, 1.54) is 41.9 Å². The van der Waals surface area contributed by atoms with Crippen LogP contribution in [-0.2, 0) is 0 Å². The van der Waals surface area contributed by atoms with Gasteiger partial charge < -0.3 is 14.4 Å². The van der Waals surface area contributed by atoms with Gasteiger partial charge in [0.2, 0.25) is 0 Å². The predicted octanol–water partition coefficient (Wildman–Crippen LogP) is 19.3. The summed E-state index contributed by atoms with van der Waals surface area (Å²) in [5.41, 5.74) is 20.6. The van der Waals surface area contributed by atoms with Crippen LogP contribution in [0.3, 0.4) is 0 Å². The molecule has 95 heavy (non-hydrogen) atoms. The number of para-hydroxylation sites is 5. The Morgan fingerprint density at radius 3 is 1.31 bits per heavy atom. The summed E-state index contributed by atoms with van der Waals surface area (Å²) >= 11 is 1.84. The van der Waals surface area contributed by atoms with Gasteiger partial charge >= 0.3 is 0 Å². The van der Waals surface area contributed by atoms with Crippen LogP contribution in [0.2, 0.25) is 0 Å². The van der Waals surface area contributed by atoms with E-state index in [1.54, 1.807) is 0 Å². The first-order valence-corrected chi connectivity index (χ1v) is 32.8. The molecule has 0 amide bonds. The highest BCUT2D eigenvalue weighted by Crippen LogP contribution is 2.48. The molecule has 13 aromatic carbocycles. The fraction of sp³-hybridized carbons (Fsp3) is 0. The molecule has 11 heteroatoms. The van der Waals surface area contributed by atoms with E-state index in [1.807, 2.05) is 90.2 Å². The first kappa shape index (κ1) is 54.3. The Balaban J connectivity index is 0.847. The molecule has 0 unspecified atom stereocenters. The predicted molar refractivity (Wildman–Crippen MR) is 393 cm³/mol. The van der Waals surface area contributed by atoms with Crippen molar-refractivity contribution >= 4 is 111 Å². The minimum absolute atomic E-state index is 0.0163. The molecule has 0 fully saturated rings. The molecule has 0 radical (unpaired) electrons. The van der Waals surface area contributed by atoms with Crippen LogP contribution in [0.4, 0.5) is 34.1 Å². The van der Waals surface area contributed by atoms with Gasteiger partial charge in [-0.3, -0.25) is 0 Å². The van der Waals surface area contributed by atoms with Crippen molar-refractivity contribution in [2.75, 3.05) is 9.80 Å². The first-order valence-electron chi connectivity index (χ1n) is 32.0. The maximum atomic E-state index is 5.68. The SMILES string of the molecule is c1ccc(-c2nc(-c3ccccc3)nc(-c3ccc(-n4c5ccccc5c5c6sc7ccccc7c6ccc54)c(-c4nc(-c5ccccc5)nc(-c5cccc(-c6cc7c8c(c6)N(c6ccccc6)c6ccccc6B8c6ccccc6N7c6ccccc6)c5)n4)c3)n2)cc1. The summed E-state index contributed by atoms with van der Waals surface area (Å²) in [7, 11) is 0. The lowest BCUT2D eigenvalue weighted by atomic mass is 9.33. The Labute approximate surface area is 552 Å². The third-order valence-electron chi connectivity index (χ3n) is 18.7. The molecule has 17 aromatic rings. The second-order valence-corrected chi connectivity index (χ2v) is 25.2. The van der Waals surface area contributed by atoms with E-state index < -0.39 is 0 Å². The minimum Gasteiger partial charge on any atom is -0.311 e. The Bertz CT molecular complexity index is 5710. The van der Waals surface area contributed by atoms with Crippen LogP contribution in [0.1, 0.15) is 0 Å². The quantitative estimate of drug-likeness (QED) is 0.125. The van der Waals surface area contributed by atoms with Crippen molar-refractivity contribution in [3.8, 4) is 85.1 Å². The zero-order valence-corrected chi connectivity index (χ0v) is 51.8. The van der Waals surface area contributed by atoms with Crippen LogP contribution < -0.4 is 26.2 Å². The van der Waals surface area contributed by atoms with E-state index in [2.05, 4.69) is 251 Å². The van der Waals surface area contributed by atoms with Crippen LogP contribution in [0.25, 0.3) is 127 Å². The lowest BCUT2D eigenvalue weighted by molar-refractivity contribution is 1.06. The highest BCUT2D eigenvalue weighted by Gasteiger charge is 2.43. The van der Waals surface area contributed by atoms with E-state index >= 15 is 0 Å². The Morgan fingerprint density at radius 2 is 0.726 bits per heavy atom. The number of hydrogen-bond donors (Lipinski definition) is 0. The van der Waals surface area contributed by atoms with Gasteiger partial charge in [-0.1, -0.05) is 224 Å². The van der Waals surface area contributed by atoms with Crippen molar-refractivity contribution in [2.24, 2.45) is 0 Å². The van der Waals surface area contributed by atoms with Gasteiger partial charge in [0.1, 0.15) is 0 Å². The maximum absolute atomic E-state index is 5.68. The molecule has 4 aromatic heterocycles. The van der Waals surface area contributed by atoms with Crippen molar-refractivity contribution in [2.45, 2.75) is 0 Å². The van der Waals surface area contributed by atoms with Crippen molar-refractivity contribution in [3.63, 3.8) is 0 Å². The number of benzene rings is 13. The normalized spacial score (nSPS) is 12.4. The second-order valence-electron chi connectivity index (χ2n) is 24.1. The average Bonchev–Trinajstić information content (AvgIpc) is 0.998. The lowest BCUT2D eigenvalue weighted by Crippen LogP contribution is -2.61. The molecule has 0 spiro atoms. The summed E-state index contributed by atoms with van der Waals surface area (Å²) in [5.74, 6) is 3.22. The van der Waals surface area contributed by atoms with Crippen LogP contribution in [-0.4, -0.2) is 41.2 Å². The van der Waals surface area contributed by atoms with Crippen LogP contribution in [0, 0.1) is 0 Å². The molecule has 6 heterocycles. The van der Waals surface area contributed by atoms with Crippen LogP contribution in [0.5, 0.6) is 0 Å². The molecule has 0 bridgehead atoms. The molecule has 9 nitrogen and oxygen atoms in total. The van der Waals surface area contributed by atoms with Crippen molar-refractivity contribution in [3.05, 3.63) is 315 Å². The third kappa shape index (κ3) is 9.00. The largest absolute Gasteiger partial charge is 0.311 e. The third-order valence-corrected chi connectivity index (χ3v) is 19.9. The molecule has 0 N–H and O–H groups in total. The van der Waals surface area contributed by atoms with Gasteiger partial charge in [0.15, 0.2) is 34.9 Å². The molecule has 0 aliphatic carbocycles.